The van der Waals surface area contributed by atoms with Crippen LogP contribution in [0.2, 0.25) is 0 Å². The molecule has 3 amide bonds. The summed E-state index contributed by atoms with van der Waals surface area (Å²) in [5.74, 6) is 1.72. The van der Waals surface area contributed by atoms with Gasteiger partial charge in [-0.2, -0.15) is 0 Å². The third-order valence-corrected chi connectivity index (χ3v) is 6.87. The van der Waals surface area contributed by atoms with Gasteiger partial charge in [0, 0.05) is 44.1 Å². The van der Waals surface area contributed by atoms with Crippen molar-refractivity contribution >= 4 is 11.9 Å². The van der Waals surface area contributed by atoms with Gasteiger partial charge in [0.15, 0.2) is 11.5 Å². The first-order chi connectivity index (χ1) is 15.7. The number of carbonyl (C=O) groups excluding carboxylic acids is 2. The number of benzene rings is 1. The smallest absolute Gasteiger partial charge is 0.317 e. The Labute approximate surface area is 196 Å². The van der Waals surface area contributed by atoms with Crippen molar-refractivity contribution in [2.24, 2.45) is 5.92 Å². The molecule has 8 nitrogen and oxygen atoms in total. The Morgan fingerprint density at radius 1 is 1.00 bits per heavy atom. The summed E-state index contributed by atoms with van der Waals surface area (Å²) in [6.07, 6.45) is 1.55. The van der Waals surface area contributed by atoms with E-state index in [1.54, 1.807) is 0 Å². The van der Waals surface area contributed by atoms with E-state index in [0.29, 0.717) is 58.8 Å². The van der Waals surface area contributed by atoms with E-state index in [-0.39, 0.29) is 35.5 Å². The third-order valence-electron chi connectivity index (χ3n) is 6.87. The van der Waals surface area contributed by atoms with Crippen molar-refractivity contribution in [2.75, 3.05) is 45.9 Å². The molecule has 2 unspecified atom stereocenters. The average molecular weight is 460 g/mol. The second-order valence-electron chi connectivity index (χ2n) is 10.2. The number of hydrogen-bond acceptors (Lipinski definition) is 5. The van der Waals surface area contributed by atoms with Gasteiger partial charge in [0.1, 0.15) is 13.2 Å². The molecule has 0 aromatic heterocycles. The average Bonchev–Trinajstić information content (AvgIpc) is 2.81. The molecule has 0 bridgehead atoms. The first kappa shape index (κ1) is 23.7. The fourth-order valence-electron chi connectivity index (χ4n) is 4.92. The second kappa shape index (κ2) is 9.79. The number of morpholine rings is 1. The van der Waals surface area contributed by atoms with Gasteiger partial charge < -0.3 is 29.3 Å². The zero-order valence-corrected chi connectivity index (χ0v) is 20.3. The van der Waals surface area contributed by atoms with E-state index in [0.717, 1.165) is 17.1 Å². The second-order valence-corrected chi connectivity index (χ2v) is 10.2. The summed E-state index contributed by atoms with van der Waals surface area (Å²) < 4.78 is 17.1. The van der Waals surface area contributed by atoms with E-state index >= 15 is 0 Å². The van der Waals surface area contributed by atoms with Crippen molar-refractivity contribution < 1.29 is 23.8 Å². The number of carbonyl (C=O) groups is 2. The minimum absolute atomic E-state index is 0.0132. The van der Waals surface area contributed by atoms with E-state index in [2.05, 4.69) is 19.2 Å². The van der Waals surface area contributed by atoms with Crippen LogP contribution in [-0.2, 0) is 14.9 Å². The number of fused-ring (bicyclic) bond motifs is 1. The van der Waals surface area contributed by atoms with Crippen LogP contribution in [0, 0.1) is 5.92 Å². The molecule has 2 fully saturated rings. The lowest BCUT2D eigenvalue weighted by molar-refractivity contribution is -0.148. The maximum Gasteiger partial charge on any atom is 0.317 e. The van der Waals surface area contributed by atoms with Crippen molar-refractivity contribution in [1.82, 2.24) is 15.1 Å². The van der Waals surface area contributed by atoms with E-state index in [1.165, 1.54) is 0 Å². The van der Waals surface area contributed by atoms with Crippen LogP contribution < -0.4 is 14.8 Å². The molecule has 0 spiro atoms. The number of ether oxygens (including phenoxy) is 3. The Balaban J connectivity index is 1.26. The van der Waals surface area contributed by atoms with Crippen molar-refractivity contribution in [3.05, 3.63) is 23.8 Å². The first-order valence-electron chi connectivity index (χ1n) is 12.1. The Hall–Kier alpha value is -2.48. The van der Waals surface area contributed by atoms with Crippen LogP contribution in [0.25, 0.3) is 0 Å². The predicted molar refractivity (Wildman–Crippen MR) is 125 cm³/mol. The number of nitrogens with zero attached hydrogens (tertiary/aromatic N) is 2. The lowest BCUT2D eigenvalue weighted by Crippen LogP contribution is -2.53. The largest absolute Gasteiger partial charge is 0.486 e. The highest BCUT2D eigenvalue weighted by molar-refractivity contribution is 5.80. The summed E-state index contributed by atoms with van der Waals surface area (Å²) in [6, 6.07) is 5.90. The molecule has 3 aliphatic heterocycles. The summed E-state index contributed by atoms with van der Waals surface area (Å²) in [5.41, 5.74) is 0.828. The number of likely N-dealkylation sites (tertiary alicyclic amines) is 1. The van der Waals surface area contributed by atoms with E-state index in [4.69, 9.17) is 14.2 Å². The molecule has 0 aliphatic carbocycles. The number of piperidine rings is 1. The van der Waals surface area contributed by atoms with E-state index in [1.807, 2.05) is 41.8 Å². The third kappa shape index (κ3) is 5.54. The normalized spacial score (nSPS) is 23.9. The SMILES string of the molecule is CC1CN(C(=O)C2CCN(C(=O)NCC(C)(C)c3ccc4c(c3)OCCO4)CC2)CC(C)O1. The quantitative estimate of drug-likeness (QED) is 0.749. The van der Waals surface area contributed by atoms with Crippen LogP contribution in [0.15, 0.2) is 18.2 Å². The Morgan fingerprint density at radius 2 is 1.64 bits per heavy atom. The van der Waals surface area contributed by atoms with Crippen molar-refractivity contribution in [3.8, 4) is 11.5 Å². The summed E-state index contributed by atoms with van der Waals surface area (Å²) in [6.45, 7) is 12.4. The predicted octanol–water partition coefficient (Wildman–Crippen LogP) is 2.79. The summed E-state index contributed by atoms with van der Waals surface area (Å²) >= 11 is 0. The van der Waals surface area contributed by atoms with Gasteiger partial charge in [-0.3, -0.25) is 4.79 Å². The molecule has 2 saturated heterocycles. The summed E-state index contributed by atoms with van der Waals surface area (Å²) in [5, 5.41) is 3.09. The van der Waals surface area contributed by atoms with Crippen LogP contribution >= 0.6 is 0 Å². The zero-order valence-electron chi connectivity index (χ0n) is 20.3. The van der Waals surface area contributed by atoms with Crippen LogP contribution in [0.5, 0.6) is 11.5 Å². The number of rotatable bonds is 4. The van der Waals surface area contributed by atoms with Crippen molar-refractivity contribution in [2.45, 2.75) is 58.2 Å². The monoisotopic (exact) mass is 459 g/mol. The maximum atomic E-state index is 13.0. The molecule has 182 valence electrons. The zero-order chi connectivity index (χ0) is 23.6. The molecular weight excluding hydrogens is 422 g/mol. The number of nitrogens with one attached hydrogen (secondary N) is 1. The van der Waals surface area contributed by atoms with E-state index in [9.17, 15) is 9.59 Å². The maximum absolute atomic E-state index is 13.0. The fourth-order valence-corrected chi connectivity index (χ4v) is 4.92. The summed E-state index contributed by atoms with van der Waals surface area (Å²) in [4.78, 5) is 29.6. The molecule has 3 heterocycles. The van der Waals surface area contributed by atoms with Gasteiger partial charge in [0.2, 0.25) is 5.91 Å². The number of amides is 3. The molecule has 1 aromatic carbocycles. The molecule has 1 N–H and O–H groups in total. The Bertz CT molecular complexity index is 856. The highest BCUT2D eigenvalue weighted by Crippen LogP contribution is 2.35. The Morgan fingerprint density at radius 3 is 2.30 bits per heavy atom. The minimum atomic E-state index is -0.260. The van der Waals surface area contributed by atoms with Gasteiger partial charge in [-0.1, -0.05) is 19.9 Å². The standard InChI is InChI=1S/C25H37N3O5/c1-17-14-28(15-18(2)33-17)23(29)19-7-9-27(10-8-19)24(30)26-16-25(3,4)20-5-6-21-22(13-20)32-12-11-31-21/h5-6,13,17-19H,7-12,14-16H2,1-4H3,(H,26,30). The van der Waals surface area contributed by atoms with Gasteiger partial charge >= 0.3 is 6.03 Å². The topological polar surface area (TPSA) is 80.3 Å². The lowest BCUT2D eigenvalue weighted by Gasteiger charge is -2.39. The van der Waals surface area contributed by atoms with Crippen LogP contribution in [0.4, 0.5) is 4.79 Å². The van der Waals surface area contributed by atoms with Gasteiger partial charge in [0.05, 0.1) is 12.2 Å². The van der Waals surface area contributed by atoms with Gasteiger partial charge in [-0.05, 0) is 44.4 Å². The highest BCUT2D eigenvalue weighted by Gasteiger charge is 2.34. The molecule has 3 aliphatic rings. The molecule has 1 aromatic rings. The van der Waals surface area contributed by atoms with Crippen LogP contribution in [0.3, 0.4) is 0 Å². The van der Waals surface area contributed by atoms with Gasteiger partial charge in [0.25, 0.3) is 0 Å². The molecule has 8 heteroatoms. The van der Waals surface area contributed by atoms with Gasteiger partial charge in [-0.15, -0.1) is 0 Å². The number of hydrogen-bond donors (Lipinski definition) is 1. The molecule has 0 saturated carbocycles. The molecule has 0 radical (unpaired) electrons. The van der Waals surface area contributed by atoms with Crippen molar-refractivity contribution in [3.63, 3.8) is 0 Å². The molecule has 2 atom stereocenters. The molecule has 4 rings (SSSR count). The lowest BCUT2D eigenvalue weighted by atomic mass is 9.84. The molecule has 33 heavy (non-hydrogen) atoms. The van der Waals surface area contributed by atoms with Crippen LogP contribution in [0.1, 0.15) is 46.1 Å². The van der Waals surface area contributed by atoms with Crippen LogP contribution in [-0.4, -0.2) is 79.9 Å². The molecular formula is C25H37N3O5. The van der Waals surface area contributed by atoms with Gasteiger partial charge in [-0.25, -0.2) is 4.79 Å². The van der Waals surface area contributed by atoms with Crippen molar-refractivity contribution in [1.29, 1.82) is 0 Å². The van der Waals surface area contributed by atoms with E-state index < -0.39 is 0 Å². The highest BCUT2D eigenvalue weighted by atomic mass is 16.6. The number of urea groups is 1. The fraction of sp³-hybridized carbons (Fsp3) is 0.680. The summed E-state index contributed by atoms with van der Waals surface area (Å²) in [7, 11) is 0. The minimum Gasteiger partial charge on any atom is -0.486 e. The first-order valence-corrected chi connectivity index (χ1v) is 12.1. The Kier molecular flexibility index (Phi) is 7.02.